The van der Waals surface area contributed by atoms with Crippen molar-refractivity contribution < 1.29 is 9.59 Å². The molecule has 2 aromatic heterocycles. The predicted octanol–water partition coefficient (Wildman–Crippen LogP) is 2.22. The molecule has 4 rings (SSSR count). The SMILES string of the molecule is O=C(NCCCN1CCCC1=O)c1cnc2c(c1)ncn2Cc1ccccc1. The Hall–Kier alpha value is -3.22. The molecule has 1 aliphatic rings. The van der Waals surface area contributed by atoms with E-state index in [2.05, 4.69) is 27.4 Å². The minimum atomic E-state index is -0.167. The van der Waals surface area contributed by atoms with Gasteiger partial charge in [-0.1, -0.05) is 30.3 Å². The summed E-state index contributed by atoms with van der Waals surface area (Å²) in [7, 11) is 0. The molecule has 1 aliphatic heterocycles. The van der Waals surface area contributed by atoms with Crippen LogP contribution in [0.1, 0.15) is 35.2 Å². The number of fused-ring (bicyclic) bond motifs is 1. The number of hydrogen-bond donors (Lipinski definition) is 1. The molecular weight excluding hydrogens is 354 g/mol. The fraction of sp³-hybridized carbons (Fsp3) is 0.333. The second-order valence-corrected chi connectivity index (χ2v) is 7.02. The summed E-state index contributed by atoms with van der Waals surface area (Å²) in [5.74, 6) is 0.0480. The summed E-state index contributed by atoms with van der Waals surface area (Å²) in [6.45, 7) is 2.74. The third-order valence-electron chi connectivity index (χ3n) is 4.98. The van der Waals surface area contributed by atoms with E-state index >= 15 is 0 Å². The van der Waals surface area contributed by atoms with E-state index in [1.807, 2.05) is 27.7 Å². The molecule has 0 spiro atoms. The van der Waals surface area contributed by atoms with E-state index in [-0.39, 0.29) is 11.8 Å². The van der Waals surface area contributed by atoms with Crippen LogP contribution >= 0.6 is 0 Å². The smallest absolute Gasteiger partial charge is 0.252 e. The van der Waals surface area contributed by atoms with Gasteiger partial charge in [-0.3, -0.25) is 9.59 Å². The lowest BCUT2D eigenvalue weighted by Crippen LogP contribution is -2.30. The van der Waals surface area contributed by atoms with E-state index in [0.717, 1.165) is 25.0 Å². The number of rotatable bonds is 7. The highest BCUT2D eigenvalue weighted by atomic mass is 16.2. The van der Waals surface area contributed by atoms with Crippen LogP contribution in [0, 0.1) is 0 Å². The Morgan fingerprint density at radius 3 is 2.82 bits per heavy atom. The zero-order valence-electron chi connectivity index (χ0n) is 15.7. The number of hydrogen-bond acceptors (Lipinski definition) is 4. The van der Waals surface area contributed by atoms with Crippen molar-refractivity contribution in [3.63, 3.8) is 0 Å². The third-order valence-corrected chi connectivity index (χ3v) is 4.98. The Labute approximate surface area is 163 Å². The van der Waals surface area contributed by atoms with Crippen LogP contribution in [0.4, 0.5) is 0 Å². The van der Waals surface area contributed by atoms with Crippen LogP contribution in [0.25, 0.3) is 11.2 Å². The van der Waals surface area contributed by atoms with Crippen LogP contribution in [0.2, 0.25) is 0 Å². The quantitative estimate of drug-likeness (QED) is 0.640. The first-order valence-corrected chi connectivity index (χ1v) is 9.61. The minimum absolute atomic E-state index is 0.167. The van der Waals surface area contributed by atoms with Gasteiger partial charge in [0.2, 0.25) is 5.91 Å². The van der Waals surface area contributed by atoms with E-state index in [0.29, 0.717) is 37.1 Å². The van der Waals surface area contributed by atoms with Crippen LogP contribution in [0.3, 0.4) is 0 Å². The highest BCUT2D eigenvalue weighted by molar-refractivity contribution is 5.96. The largest absolute Gasteiger partial charge is 0.352 e. The first-order chi connectivity index (χ1) is 13.7. The zero-order chi connectivity index (χ0) is 19.3. The van der Waals surface area contributed by atoms with Gasteiger partial charge in [0.25, 0.3) is 5.91 Å². The summed E-state index contributed by atoms with van der Waals surface area (Å²) in [4.78, 5) is 34.7. The van der Waals surface area contributed by atoms with Crippen molar-refractivity contribution in [2.24, 2.45) is 0 Å². The van der Waals surface area contributed by atoms with Gasteiger partial charge in [0, 0.05) is 32.3 Å². The maximum atomic E-state index is 12.4. The summed E-state index contributed by atoms with van der Waals surface area (Å²) in [6, 6.07) is 11.9. The average Bonchev–Trinajstić information content (AvgIpc) is 3.31. The lowest BCUT2D eigenvalue weighted by Gasteiger charge is -2.15. The number of nitrogens with zero attached hydrogens (tertiary/aromatic N) is 4. The van der Waals surface area contributed by atoms with Crippen molar-refractivity contribution in [3.8, 4) is 0 Å². The maximum absolute atomic E-state index is 12.4. The van der Waals surface area contributed by atoms with E-state index in [9.17, 15) is 9.59 Å². The van der Waals surface area contributed by atoms with Crippen LogP contribution in [-0.2, 0) is 11.3 Å². The van der Waals surface area contributed by atoms with Crippen molar-refractivity contribution in [2.75, 3.05) is 19.6 Å². The number of aromatic nitrogens is 3. The normalized spacial score (nSPS) is 14.0. The van der Waals surface area contributed by atoms with E-state index < -0.39 is 0 Å². The van der Waals surface area contributed by atoms with E-state index in [1.165, 1.54) is 5.56 Å². The molecule has 1 aromatic carbocycles. The monoisotopic (exact) mass is 377 g/mol. The molecule has 1 N–H and O–H groups in total. The number of carbonyl (C=O) groups is 2. The summed E-state index contributed by atoms with van der Waals surface area (Å²) >= 11 is 0. The third kappa shape index (κ3) is 4.03. The van der Waals surface area contributed by atoms with Crippen LogP contribution in [0.5, 0.6) is 0 Å². The number of imidazole rings is 1. The average molecular weight is 377 g/mol. The molecule has 1 fully saturated rings. The summed E-state index contributed by atoms with van der Waals surface area (Å²) in [6.07, 6.45) is 5.67. The molecular formula is C21H23N5O2. The molecule has 144 valence electrons. The van der Waals surface area contributed by atoms with E-state index in [1.54, 1.807) is 18.6 Å². The zero-order valence-corrected chi connectivity index (χ0v) is 15.7. The molecule has 3 heterocycles. The molecule has 0 aliphatic carbocycles. The maximum Gasteiger partial charge on any atom is 0.252 e. The summed E-state index contributed by atoms with van der Waals surface area (Å²) in [5.41, 5.74) is 3.12. The number of pyridine rings is 1. The van der Waals surface area contributed by atoms with Crippen LogP contribution in [0.15, 0.2) is 48.9 Å². The highest BCUT2D eigenvalue weighted by Crippen LogP contribution is 2.14. The summed E-state index contributed by atoms with van der Waals surface area (Å²) in [5, 5.41) is 2.90. The van der Waals surface area contributed by atoms with Gasteiger partial charge in [0.1, 0.15) is 5.52 Å². The van der Waals surface area contributed by atoms with Gasteiger partial charge in [-0.25, -0.2) is 9.97 Å². The van der Waals surface area contributed by atoms with Gasteiger partial charge in [0.15, 0.2) is 5.65 Å². The van der Waals surface area contributed by atoms with Gasteiger partial charge < -0.3 is 14.8 Å². The van der Waals surface area contributed by atoms with Crippen LogP contribution in [-0.4, -0.2) is 50.9 Å². The Morgan fingerprint density at radius 2 is 2.04 bits per heavy atom. The molecule has 7 heteroatoms. The van der Waals surface area contributed by atoms with Crippen molar-refractivity contribution in [1.29, 1.82) is 0 Å². The predicted molar refractivity (Wildman–Crippen MR) is 106 cm³/mol. The van der Waals surface area contributed by atoms with Crippen molar-refractivity contribution >= 4 is 23.0 Å². The first-order valence-electron chi connectivity index (χ1n) is 9.61. The highest BCUT2D eigenvalue weighted by Gasteiger charge is 2.19. The lowest BCUT2D eigenvalue weighted by atomic mass is 10.2. The molecule has 3 aromatic rings. The second-order valence-electron chi connectivity index (χ2n) is 7.02. The Balaban J connectivity index is 1.35. The molecule has 0 atom stereocenters. The number of likely N-dealkylation sites (tertiary alicyclic amines) is 1. The number of benzene rings is 1. The molecule has 0 bridgehead atoms. The molecule has 0 saturated carbocycles. The minimum Gasteiger partial charge on any atom is -0.352 e. The molecule has 0 radical (unpaired) electrons. The van der Waals surface area contributed by atoms with E-state index in [4.69, 9.17) is 0 Å². The van der Waals surface area contributed by atoms with Gasteiger partial charge in [-0.2, -0.15) is 0 Å². The van der Waals surface area contributed by atoms with Gasteiger partial charge >= 0.3 is 0 Å². The van der Waals surface area contributed by atoms with Crippen molar-refractivity contribution in [1.82, 2.24) is 24.8 Å². The van der Waals surface area contributed by atoms with Crippen molar-refractivity contribution in [2.45, 2.75) is 25.8 Å². The Morgan fingerprint density at radius 1 is 1.18 bits per heavy atom. The van der Waals surface area contributed by atoms with Crippen LogP contribution < -0.4 is 5.32 Å². The second kappa shape index (κ2) is 8.21. The Kier molecular flexibility index (Phi) is 5.32. The number of carbonyl (C=O) groups excluding carboxylic acids is 2. The lowest BCUT2D eigenvalue weighted by molar-refractivity contribution is -0.127. The van der Waals surface area contributed by atoms with Gasteiger partial charge in [-0.05, 0) is 24.5 Å². The first kappa shape index (κ1) is 18.2. The Bertz CT molecular complexity index is 983. The molecule has 7 nitrogen and oxygen atoms in total. The molecule has 28 heavy (non-hydrogen) atoms. The summed E-state index contributed by atoms with van der Waals surface area (Å²) < 4.78 is 1.97. The fourth-order valence-electron chi connectivity index (χ4n) is 3.48. The molecule has 0 unspecified atom stereocenters. The number of nitrogens with one attached hydrogen (secondary N) is 1. The molecule has 2 amide bonds. The number of amides is 2. The molecule has 1 saturated heterocycles. The fourth-order valence-corrected chi connectivity index (χ4v) is 3.48. The van der Waals surface area contributed by atoms with Gasteiger partial charge in [0.05, 0.1) is 18.4 Å². The topological polar surface area (TPSA) is 80.1 Å². The van der Waals surface area contributed by atoms with Gasteiger partial charge in [-0.15, -0.1) is 0 Å². The van der Waals surface area contributed by atoms with Crippen molar-refractivity contribution in [3.05, 3.63) is 60.0 Å². The standard InChI is InChI=1S/C21H23N5O2/c27-19-8-4-10-25(19)11-5-9-22-21(28)17-12-18-20(23-13-17)26(15-24-18)14-16-6-2-1-3-7-16/h1-3,6-7,12-13,15H,4-5,8-11,14H2,(H,22,28).